The first-order valence-electron chi connectivity index (χ1n) is 10.3. The van der Waals surface area contributed by atoms with Crippen molar-refractivity contribution in [2.45, 2.75) is 31.7 Å². The molecule has 0 aliphatic carbocycles. The number of carbonyl (C=O) groups excluding carboxylic acids is 1. The number of benzene rings is 2. The molecule has 1 fully saturated rings. The molecular weight excluding hydrogens is 360 g/mol. The number of piperidine rings is 1. The lowest BCUT2D eigenvalue weighted by Gasteiger charge is -2.27. The Morgan fingerprint density at radius 2 is 1.52 bits per heavy atom. The van der Waals surface area contributed by atoms with Gasteiger partial charge in [0.15, 0.2) is 0 Å². The molecular formula is C24H26N4O. The van der Waals surface area contributed by atoms with Crippen LogP contribution in [0.3, 0.4) is 0 Å². The summed E-state index contributed by atoms with van der Waals surface area (Å²) in [5.74, 6) is 1.19. The average molecular weight is 386 g/mol. The number of anilines is 1. The van der Waals surface area contributed by atoms with Gasteiger partial charge in [-0.05, 0) is 36.5 Å². The minimum absolute atomic E-state index is 0.0469. The first kappa shape index (κ1) is 19.1. The molecule has 1 amide bonds. The quantitative estimate of drug-likeness (QED) is 0.698. The molecule has 4 rings (SSSR count). The third-order valence-corrected chi connectivity index (χ3v) is 5.32. The van der Waals surface area contributed by atoms with E-state index in [1.165, 1.54) is 19.3 Å². The van der Waals surface area contributed by atoms with Crippen LogP contribution in [-0.2, 0) is 11.3 Å². The molecule has 5 nitrogen and oxygen atoms in total. The standard InChI is InChI=1S/C24H26N4O/c29-24(23(19-10-4-1-5-11-19)20-12-6-2-7-13-20)26-18-21-25-15-14-22(27-21)28-16-8-3-9-17-28/h1-2,4-7,10-15,23H,3,8-9,16-18H2,(H,26,29). The minimum atomic E-state index is -0.359. The Morgan fingerprint density at radius 3 is 2.14 bits per heavy atom. The highest BCUT2D eigenvalue weighted by atomic mass is 16.1. The van der Waals surface area contributed by atoms with Gasteiger partial charge < -0.3 is 10.2 Å². The van der Waals surface area contributed by atoms with Gasteiger partial charge in [0.1, 0.15) is 11.6 Å². The van der Waals surface area contributed by atoms with Gasteiger partial charge in [-0.15, -0.1) is 0 Å². The van der Waals surface area contributed by atoms with Gasteiger partial charge in [0.05, 0.1) is 12.5 Å². The fourth-order valence-corrected chi connectivity index (χ4v) is 3.83. The van der Waals surface area contributed by atoms with Crippen LogP contribution in [0, 0.1) is 0 Å². The third-order valence-electron chi connectivity index (χ3n) is 5.32. The van der Waals surface area contributed by atoms with Crippen LogP contribution < -0.4 is 10.2 Å². The predicted octanol–water partition coefficient (Wildman–Crippen LogP) is 3.92. The number of nitrogens with one attached hydrogen (secondary N) is 1. The van der Waals surface area contributed by atoms with Gasteiger partial charge in [0.2, 0.25) is 5.91 Å². The van der Waals surface area contributed by atoms with Gasteiger partial charge in [-0.1, -0.05) is 60.7 Å². The van der Waals surface area contributed by atoms with Crippen molar-refractivity contribution in [1.82, 2.24) is 15.3 Å². The van der Waals surface area contributed by atoms with Gasteiger partial charge in [0, 0.05) is 19.3 Å². The number of nitrogens with zero attached hydrogens (tertiary/aromatic N) is 3. The highest BCUT2D eigenvalue weighted by Gasteiger charge is 2.22. The molecule has 148 valence electrons. The van der Waals surface area contributed by atoms with Crippen molar-refractivity contribution in [2.24, 2.45) is 0 Å². The molecule has 2 heterocycles. The van der Waals surface area contributed by atoms with E-state index in [-0.39, 0.29) is 11.8 Å². The smallest absolute Gasteiger partial charge is 0.232 e. The monoisotopic (exact) mass is 386 g/mol. The zero-order chi connectivity index (χ0) is 19.9. The maximum absolute atomic E-state index is 13.1. The largest absolute Gasteiger partial charge is 0.357 e. The predicted molar refractivity (Wildman–Crippen MR) is 115 cm³/mol. The molecule has 0 atom stereocenters. The summed E-state index contributed by atoms with van der Waals surface area (Å²) in [6.07, 6.45) is 5.47. The molecule has 0 bridgehead atoms. The SMILES string of the molecule is O=C(NCc1nccc(N2CCCCC2)n1)C(c1ccccc1)c1ccccc1. The highest BCUT2D eigenvalue weighted by Crippen LogP contribution is 2.25. The summed E-state index contributed by atoms with van der Waals surface area (Å²) in [7, 11) is 0. The normalized spacial score (nSPS) is 14.0. The van der Waals surface area contributed by atoms with Crippen LogP contribution in [0.5, 0.6) is 0 Å². The van der Waals surface area contributed by atoms with Crippen LogP contribution in [0.4, 0.5) is 5.82 Å². The molecule has 29 heavy (non-hydrogen) atoms. The Morgan fingerprint density at radius 1 is 0.897 bits per heavy atom. The molecule has 1 aliphatic heterocycles. The van der Waals surface area contributed by atoms with E-state index in [1.54, 1.807) is 6.20 Å². The van der Waals surface area contributed by atoms with Crippen molar-refractivity contribution < 1.29 is 4.79 Å². The first-order chi connectivity index (χ1) is 14.3. The van der Waals surface area contributed by atoms with Gasteiger partial charge in [0.25, 0.3) is 0 Å². The second-order valence-corrected chi connectivity index (χ2v) is 7.35. The van der Waals surface area contributed by atoms with E-state index in [4.69, 9.17) is 0 Å². The highest BCUT2D eigenvalue weighted by molar-refractivity contribution is 5.87. The van der Waals surface area contributed by atoms with Crippen LogP contribution in [-0.4, -0.2) is 29.0 Å². The van der Waals surface area contributed by atoms with E-state index in [9.17, 15) is 4.79 Å². The molecule has 1 aliphatic rings. The number of hydrogen-bond acceptors (Lipinski definition) is 4. The Balaban J connectivity index is 1.48. The summed E-state index contributed by atoms with van der Waals surface area (Å²) in [4.78, 5) is 24.5. The lowest BCUT2D eigenvalue weighted by molar-refractivity contribution is -0.121. The number of hydrogen-bond donors (Lipinski definition) is 1. The number of amides is 1. The summed E-state index contributed by atoms with van der Waals surface area (Å²) in [6, 6.07) is 21.7. The lowest BCUT2D eigenvalue weighted by atomic mass is 9.90. The van der Waals surface area contributed by atoms with Crippen LogP contribution in [0.1, 0.15) is 42.1 Å². The Bertz CT molecular complexity index is 884. The molecule has 0 unspecified atom stereocenters. The van der Waals surface area contributed by atoms with Crippen LogP contribution in [0.2, 0.25) is 0 Å². The van der Waals surface area contributed by atoms with Crippen molar-refractivity contribution in [2.75, 3.05) is 18.0 Å². The van der Waals surface area contributed by atoms with Gasteiger partial charge >= 0.3 is 0 Å². The van der Waals surface area contributed by atoms with Crippen molar-refractivity contribution in [1.29, 1.82) is 0 Å². The van der Waals surface area contributed by atoms with E-state index in [0.29, 0.717) is 12.4 Å². The number of aromatic nitrogens is 2. The molecule has 3 aromatic rings. The summed E-state index contributed by atoms with van der Waals surface area (Å²) >= 11 is 0. The van der Waals surface area contributed by atoms with Crippen molar-refractivity contribution >= 4 is 11.7 Å². The van der Waals surface area contributed by atoms with E-state index in [2.05, 4.69) is 20.2 Å². The maximum Gasteiger partial charge on any atom is 0.232 e. The first-order valence-corrected chi connectivity index (χ1v) is 10.3. The number of rotatable bonds is 6. The van der Waals surface area contributed by atoms with Gasteiger partial charge in [-0.2, -0.15) is 0 Å². The van der Waals surface area contributed by atoms with Crippen molar-refractivity contribution in [3.63, 3.8) is 0 Å². The summed E-state index contributed by atoms with van der Waals surface area (Å²) < 4.78 is 0. The van der Waals surface area contributed by atoms with Crippen molar-refractivity contribution in [3.05, 3.63) is 89.9 Å². The molecule has 0 radical (unpaired) electrons. The summed E-state index contributed by atoms with van der Waals surface area (Å²) in [5.41, 5.74) is 1.94. The minimum Gasteiger partial charge on any atom is -0.357 e. The fourth-order valence-electron chi connectivity index (χ4n) is 3.83. The zero-order valence-corrected chi connectivity index (χ0v) is 16.5. The van der Waals surface area contributed by atoms with Gasteiger partial charge in [-0.25, -0.2) is 9.97 Å². The third kappa shape index (κ3) is 4.80. The second kappa shape index (κ2) is 9.32. The molecule has 0 saturated carbocycles. The summed E-state index contributed by atoms with van der Waals surface area (Å²) in [5, 5.41) is 3.04. The van der Waals surface area contributed by atoms with E-state index in [0.717, 1.165) is 30.0 Å². The molecule has 1 N–H and O–H groups in total. The Kier molecular flexibility index (Phi) is 6.15. The van der Waals surface area contributed by atoms with E-state index < -0.39 is 0 Å². The van der Waals surface area contributed by atoms with Crippen LogP contribution in [0.25, 0.3) is 0 Å². The summed E-state index contributed by atoms with van der Waals surface area (Å²) in [6.45, 7) is 2.39. The van der Waals surface area contributed by atoms with E-state index in [1.807, 2.05) is 66.7 Å². The topological polar surface area (TPSA) is 58.1 Å². The zero-order valence-electron chi connectivity index (χ0n) is 16.5. The molecule has 1 aromatic heterocycles. The number of carbonyl (C=O) groups is 1. The maximum atomic E-state index is 13.1. The lowest BCUT2D eigenvalue weighted by Crippen LogP contribution is -2.32. The molecule has 5 heteroatoms. The van der Waals surface area contributed by atoms with Gasteiger partial charge in [-0.3, -0.25) is 4.79 Å². The average Bonchev–Trinajstić information content (AvgIpc) is 2.80. The molecule has 1 saturated heterocycles. The fraction of sp³-hybridized carbons (Fsp3) is 0.292. The second-order valence-electron chi connectivity index (χ2n) is 7.35. The molecule has 0 spiro atoms. The Labute approximate surface area is 171 Å². The van der Waals surface area contributed by atoms with Crippen molar-refractivity contribution in [3.8, 4) is 0 Å². The Hall–Kier alpha value is -3.21. The van der Waals surface area contributed by atoms with Crippen LogP contribution >= 0.6 is 0 Å². The molecule has 2 aromatic carbocycles. The van der Waals surface area contributed by atoms with E-state index >= 15 is 0 Å². The van der Waals surface area contributed by atoms with Crippen LogP contribution in [0.15, 0.2) is 72.9 Å².